The number of hydrogen-bond donors (Lipinski definition) is 1. The first kappa shape index (κ1) is 13.5. The molecule has 0 spiro atoms. The Morgan fingerprint density at radius 3 is 2.71 bits per heavy atom. The fourth-order valence-corrected chi connectivity index (χ4v) is 5.81. The van der Waals surface area contributed by atoms with E-state index in [-0.39, 0.29) is 17.3 Å². The smallest absolute Gasteiger partial charge is 0.152 e. The summed E-state index contributed by atoms with van der Waals surface area (Å²) in [6.45, 7) is 4.07. The zero-order valence-corrected chi connectivity index (χ0v) is 13.1. The van der Waals surface area contributed by atoms with Gasteiger partial charge in [0, 0.05) is 16.5 Å². The maximum absolute atomic E-state index is 11.5. The number of halogens is 1. The van der Waals surface area contributed by atoms with E-state index >= 15 is 0 Å². The van der Waals surface area contributed by atoms with E-state index in [1.54, 1.807) is 11.3 Å². The summed E-state index contributed by atoms with van der Waals surface area (Å²) in [7, 11) is -2.84. The van der Waals surface area contributed by atoms with Crippen molar-refractivity contribution in [2.45, 2.75) is 31.8 Å². The molecule has 1 aromatic heterocycles. The summed E-state index contributed by atoms with van der Waals surface area (Å²) in [5, 5.41) is 3.45. The number of sulfone groups is 1. The summed E-state index contributed by atoms with van der Waals surface area (Å²) < 4.78 is 24.1. The van der Waals surface area contributed by atoms with Gasteiger partial charge in [-0.1, -0.05) is 0 Å². The minimum absolute atomic E-state index is 0.185. The SMILES string of the molecule is CC(NC1(C)CCS(=O)(=O)C1)c1ccc(Br)s1. The number of thiophene rings is 1. The van der Waals surface area contributed by atoms with Gasteiger partial charge in [-0.2, -0.15) is 0 Å². The van der Waals surface area contributed by atoms with Crippen molar-refractivity contribution in [2.24, 2.45) is 0 Å². The first-order chi connectivity index (χ1) is 7.80. The molecular weight excluding hydrogens is 322 g/mol. The molecule has 1 fully saturated rings. The summed E-state index contributed by atoms with van der Waals surface area (Å²) in [5.41, 5.74) is -0.283. The van der Waals surface area contributed by atoms with Gasteiger partial charge in [-0.3, -0.25) is 0 Å². The van der Waals surface area contributed by atoms with Gasteiger partial charge in [0.25, 0.3) is 0 Å². The molecule has 2 unspecified atom stereocenters. The summed E-state index contributed by atoms with van der Waals surface area (Å²) in [6, 6.07) is 4.27. The molecule has 2 atom stereocenters. The predicted octanol–water partition coefficient (Wildman–Crippen LogP) is 2.74. The van der Waals surface area contributed by atoms with Crippen molar-refractivity contribution in [1.82, 2.24) is 5.32 Å². The van der Waals surface area contributed by atoms with Crippen LogP contribution in [0.4, 0.5) is 0 Å². The average molecular weight is 338 g/mol. The van der Waals surface area contributed by atoms with Crippen LogP contribution >= 0.6 is 27.3 Å². The molecule has 0 bridgehead atoms. The second kappa shape index (κ2) is 4.64. The van der Waals surface area contributed by atoms with E-state index in [4.69, 9.17) is 0 Å². The van der Waals surface area contributed by atoms with E-state index < -0.39 is 9.84 Å². The van der Waals surface area contributed by atoms with E-state index in [1.165, 1.54) is 4.88 Å². The maximum Gasteiger partial charge on any atom is 0.152 e. The molecule has 2 heterocycles. The molecule has 1 aliphatic rings. The molecule has 1 saturated heterocycles. The Balaban J connectivity index is 2.07. The van der Waals surface area contributed by atoms with Gasteiger partial charge in [0.15, 0.2) is 9.84 Å². The van der Waals surface area contributed by atoms with Crippen LogP contribution in [-0.4, -0.2) is 25.5 Å². The van der Waals surface area contributed by atoms with Crippen molar-refractivity contribution in [3.8, 4) is 0 Å². The fourth-order valence-electron chi connectivity index (χ4n) is 2.28. The Morgan fingerprint density at radius 1 is 1.53 bits per heavy atom. The van der Waals surface area contributed by atoms with Crippen LogP contribution in [0.15, 0.2) is 15.9 Å². The normalized spacial score (nSPS) is 29.4. The third kappa shape index (κ3) is 3.30. The van der Waals surface area contributed by atoms with Crippen molar-refractivity contribution < 1.29 is 8.42 Å². The minimum atomic E-state index is -2.84. The van der Waals surface area contributed by atoms with Gasteiger partial charge in [0.1, 0.15) is 0 Å². The summed E-state index contributed by atoms with van der Waals surface area (Å²) in [6.07, 6.45) is 0.701. The van der Waals surface area contributed by atoms with Crippen molar-refractivity contribution in [3.63, 3.8) is 0 Å². The van der Waals surface area contributed by atoms with Crippen LogP contribution in [0, 0.1) is 0 Å². The Kier molecular flexibility index (Phi) is 3.69. The third-order valence-corrected chi connectivity index (χ3v) is 6.80. The fraction of sp³-hybridized carbons (Fsp3) is 0.636. The van der Waals surface area contributed by atoms with Crippen LogP contribution in [-0.2, 0) is 9.84 Å². The Labute approximate surface area is 115 Å². The highest BCUT2D eigenvalue weighted by Gasteiger charge is 2.39. The first-order valence-electron chi connectivity index (χ1n) is 5.53. The molecule has 3 nitrogen and oxygen atoms in total. The second-order valence-electron chi connectivity index (χ2n) is 4.91. The molecule has 1 N–H and O–H groups in total. The molecule has 0 aromatic carbocycles. The molecule has 0 amide bonds. The minimum Gasteiger partial charge on any atom is -0.303 e. The summed E-state index contributed by atoms with van der Waals surface area (Å²) in [4.78, 5) is 1.22. The lowest BCUT2D eigenvalue weighted by molar-refractivity contribution is 0.358. The summed E-state index contributed by atoms with van der Waals surface area (Å²) in [5.74, 6) is 0.550. The standard InChI is InChI=1S/C11H16BrNO2S2/c1-8(9-3-4-10(12)16-9)13-11(2)5-6-17(14,15)7-11/h3-4,8,13H,5-7H2,1-2H3. The van der Waals surface area contributed by atoms with E-state index in [2.05, 4.69) is 34.2 Å². The van der Waals surface area contributed by atoms with Crippen LogP contribution < -0.4 is 5.32 Å². The first-order valence-corrected chi connectivity index (χ1v) is 8.96. The molecule has 6 heteroatoms. The molecule has 2 rings (SSSR count). The van der Waals surface area contributed by atoms with Gasteiger partial charge in [0.2, 0.25) is 0 Å². The molecule has 96 valence electrons. The van der Waals surface area contributed by atoms with Gasteiger partial charge in [0.05, 0.1) is 15.3 Å². The molecule has 0 aliphatic carbocycles. The highest BCUT2D eigenvalue weighted by atomic mass is 79.9. The van der Waals surface area contributed by atoms with Gasteiger partial charge >= 0.3 is 0 Å². The maximum atomic E-state index is 11.5. The lowest BCUT2D eigenvalue weighted by atomic mass is 10.0. The van der Waals surface area contributed by atoms with E-state index in [0.717, 1.165) is 3.79 Å². The van der Waals surface area contributed by atoms with Crippen molar-refractivity contribution in [2.75, 3.05) is 11.5 Å². The molecule has 1 aromatic rings. The second-order valence-corrected chi connectivity index (χ2v) is 9.59. The number of rotatable bonds is 3. The predicted molar refractivity (Wildman–Crippen MR) is 75.2 cm³/mol. The highest BCUT2D eigenvalue weighted by molar-refractivity contribution is 9.11. The summed E-state index contributed by atoms with van der Waals surface area (Å²) >= 11 is 5.12. The van der Waals surface area contributed by atoms with E-state index in [0.29, 0.717) is 12.2 Å². The monoisotopic (exact) mass is 337 g/mol. The van der Waals surface area contributed by atoms with Crippen LogP contribution in [0.1, 0.15) is 31.2 Å². The van der Waals surface area contributed by atoms with Crippen LogP contribution in [0.2, 0.25) is 0 Å². The molecule has 0 radical (unpaired) electrons. The molecule has 0 saturated carbocycles. The van der Waals surface area contributed by atoms with Gasteiger partial charge < -0.3 is 5.32 Å². The van der Waals surface area contributed by atoms with Crippen LogP contribution in [0.3, 0.4) is 0 Å². The third-order valence-electron chi connectivity index (χ3n) is 3.09. The topological polar surface area (TPSA) is 46.2 Å². The quantitative estimate of drug-likeness (QED) is 0.922. The Morgan fingerprint density at radius 2 is 2.24 bits per heavy atom. The molecular formula is C11H16BrNO2S2. The Hall–Kier alpha value is 0.0900. The van der Waals surface area contributed by atoms with Crippen molar-refractivity contribution >= 4 is 37.1 Å². The molecule has 1 aliphatic heterocycles. The zero-order chi connectivity index (χ0) is 12.7. The number of nitrogens with one attached hydrogen (secondary N) is 1. The van der Waals surface area contributed by atoms with Crippen molar-refractivity contribution in [1.29, 1.82) is 0 Å². The van der Waals surface area contributed by atoms with Gasteiger partial charge in [-0.15, -0.1) is 11.3 Å². The molecule has 17 heavy (non-hydrogen) atoms. The van der Waals surface area contributed by atoms with E-state index in [1.807, 2.05) is 13.0 Å². The zero-order valence-electron chi connectivity index (χ0n) is 9.86. The van der Waals surface area contributed by atoms with Gasteiger partial charge in [-0.25, -0.2) is 8.42 Å². The van der Waals surface area contributed by atoms with Crippen molar-refractivity contribution in [3.05, 3.63) is 20.8 Å². The highest BCUT2D eigenvalue weighted by Crippen LogP contribution is 2.31. The van der Waals surface area contributed by atoms with Crippen LogP contribution in [0.25, 0.3) is 0 Å². The Bertz CT molecular complexity index is 511. The largest absolute Gasteiger partial charge is 0.303 e. The van der Waals surface area contributed by atoms with Crippen LogP contribution in [0.5, 0.6) is 0 Å². The van der Waals surface area contributed by atoms with Gasteiger partial charge in [-0.05, 0) is 48.3 Å². The average Bonchev–Trinajstić information content (AvgIpc) is 2.71. The lowest BCUT2D eigenvalue weighted by Gasteiger charge is -2.28. The van der Waals surface area contributed by atoms with E-state index in [9.17, 15) is 8.42 Å². The lowest BCUT2D eigenvalue weighted by Crippen LogP contribution is -2.44. The number of hydrogen-bond acceptors (Lipinski definition) is 4.